The minimum atomic E-state index is -5.05. The highest BCUT2D eigenvalue weighted by Gasteiger charge is 2.42. The number of aryl methyl sites for hydroxylation is 1. The summed E-state index contributed by atoms with van der Waals surface area (Å²) >= 11 is 0. The molecule has 1 aliphatic carbocycles. The Bertz CT molecular complexity index is 839. The molecule has 3 nitrogen and oxygen atoms in total. The first kappa shape index (κ1) is 18.0. The van der Waals surface area contributed by atoms with Crippen molar-refractivity contribution < 1.29 is 27.4 Å². The molecular formula is C20H17F3O3. The van der Waals surface area contributed by atoms with Gasteiger partial charge in [-0.15, -0.1) is 0 Å². The Balaban J connectivity index is 2.02. The predicted octanol–water partition coefficient (Wildman–Crippen LogP) is 4.70. The van der Waals surface area contributed by atoms with E-state index in [4.69, 9.17) is 9.47 Å². The van der Waals surface area contributed by atoms with Crippen LogP contribution >= 0.6 is 0 Å². The fraction of sp³-hybridized carbons (Fsp3) is 0.250. The molecule has 26 heavy (non-hydrogen) atoms. The first-order valence-corrected chi connectivity index (χ1v) is 8.10. The number of rotatable bonds is 4. The minimum absolute atomic E-state index is 0.0000751. The van der Waals surface area contributed by atoms with E-state index in [0.717, 1.165) is 11.1 Å². The Kier molecular flexibility index (Phi) is 5.02. The number of allylic oxidation sites excluding steroid dienone is 1. The standard InChI is InChI=1S/C20H17F3O3/c1-25-16-9-10-17-14(12-16)7-8-15(11-13-5-3-2-4-6-13)18(17)26-19(24)20(21,22)23/h2-6,9-10,12H,7-8,11H2,1H3. The van der Waals surface area contributed by atoms with Crippen LogP contribution in [0.2, 0.25) is 0 Å². The minimum Gasteiger partial charge on any atom is -0.497 e. The molecular weight excluding hydrogens is 345 g/mol. The van der Waals surface area contributed by atoms with Gasteiger partial charge in [0.2, 0.25) is 0 Å². The number of esters is 1. The van der Waals surface area contributed by atoms with Crippen LogP contribution in [0.5, 0.6) is 5.75 Å². The summed E-state index contributed by atoms with van der Waals surface area (Å²) in [6.07, 6.45) is -3.47. The summed E-state index contributed by atoms with van der Waals surface area (Å²) in [6.45, 7) is 0. The summed E-state index contributed by atoms with van der Waals surface area (Å²) in [6, 6.07) is 14.4. The molecule has 0 bridgehead atoms. The van der Waals surface area contributed by atoms with Gasteiger partial charge in [0, 0.05) is 5.56 Å². The second kappa shape index (κ2) is 7.23. The number of alkyl halides is 3. The molecule has 0 N–H and O–H groups in total. The lowest BCUT2D eigenvalue weighted by Crippen LogP contribution is -2.26. The van der Waals surface area contributed by atoms with Crippen LogP contribution in [-0.4, -0.2) is 19.3 Å². The molecule has 0 heterocycles. The van der Waals surface area contributed by atoms with Gasteiger partial charge < -0.3 is 9.47 Å². The van der Waals surface area contributed by atoms with E-state index in [1.807, 2.05) is 30.3 Å². The quantitative estimate of drug-likeness (QED) is 0.740. The number of hydrogen-bond acceptors (Lipinski definition) is 3. The Morgan fingerprint density at radius 3 is 2.46 bits per heavy atom. The van der Waals surface area contributed by atoms with Crippen LogP contribution in [0.3, 0.4) is 0 Å². The van der Waals surface area contributed by atoms with E-state index in [-0.39, 0.29) is 5.76 Å². The second-order valence-corrected chi connectivity index (χ2v) is 6.01. The molecule has 0 aromatic heterocycles. The number of benzene rings is 2. The lowest BCUT2D eigenvalue weighted by atomic mass is 9.87. The Morgan fingerprint density at radius 2 is 1.81 bits per heavy atom. The summed E-state index contributed by atoms with van der Waals surface area (Å²) < 4.78 is 48.2. The van der Waals surface area contributed by atoms with Crippen molar-refractivity contribution in [3.8, 4) is 5.75 Å². The van der Waals surface area contributed by atoms with Crippen LogP contribution in [-0.2, 0) is 22.4 Å². The van der Waals surface area contributed by atoms with Crippen LogP contribution in [0.25, 0.3) is 5.76 Å². The van der Waals surface area contributed by atoms with Gasteiger partial charge in [-0.2, -0.15) is 13.2 Å². The molecule has 0 unspecified atom stereocenters. The molecule has 0 aliphatic heterocycles. The molecule has 0 saturated carbocycles. The largest absolute Gasteiger partial charge is 0.497 e. The van der Waals surface area contributed by atoms with E-state index in [0.29, 0.717) is 36.1 Å². The summed E-state index contributed by atoms with van der Waals surface area (Å²) in [7, 11) is 1.52. The van der Waals surface area contributed by atoms with Crippen LogP contribution < -0.4 is 4.74 Å². The van der Waals surface area contributed by atoms with Gasteiger partial charge >= 0.3 is 12.1 Å². The van der Waals surface area contributed by atoms with Crippen LogP contribution in [0.15, 0.2) is 54.1 Å². The van der Waals surface area contributed by atoms with Crippen molar-refractivity contribution in [2.45, 2.75) is 25.4 Å². The zero-order valence-corrected chi connectivity index (χ0v) is 14.1. The number of halogens is 3. The first-order chi connectivity index (χ1) is 12.4. The highest BCUT2D eigenvalue weighted by Crippen LogP contribution is 2.37. The van der Waals surface area contributed by atoms with Gasteiger partial charge in [-0.05, 0) is 54.2 Å². The maximum absolute atomic E-state index is 12.7. The summed E-state index contributed by atoms with van der Waals surface area (Å²) in [5, 5.41) is 0. The van der Waals surface area contributed by atoms with Gasteiger partial charge in [0.05, 0.1) is 7.11 Å². The van der Waals surface area contributed by atoms with Gasteiger partial charge in [0.15, 0.2) is 0 Å². The molecule has 0 fully saturated rings. The Morgan fingerprint density at radius 1 is 1.08 bits per heavy atom. The maximum Gasteiger partial charge on any atom is 0.491 e. The lowest BCUT2D eigenvalue weighted by molar-refractivity contribution is -0.192. The Labute approximate surface area is 149 Å². The number of ether oxygens (including phenoxy) is 2. The molecule has 2 aromatic carbocycles. The smallest absolute Gasteiger partial charge is 0.491 e. The molecule has 3 rings (SSSR count). The molecule has 0 saturated heterocycles. The predicted molar refractivity (Wildman–Crippen MR) is 90.5 cm³/mol. The zero-order valence-electron chi connectivity index (χ0n) is 14.1. The van der Waals surface area contributed by atoms with Crippen LogP contribution in [0.1, 0.15) is 23.1 Å². The van der Waals surface area contributed by atoms with E-state index in [1.54, 1.807) is 18.2 Å². The van der Waals surface area contributed by atoms with Gasteiger partial charge in [-0.25, -0.2) is 4.79 Å². The summed E-state index contributed by atoms with van der Waals surface area (Å²) in [5.41, 5.74) is 2.92. The van der Waals surface area contributed by atoms with Crippen LogP contribution in [0.4, 0.5) is 13.2 Å². The van der Waals surface area contributed by atoms with Crippen molar-refractivity contribution in [1.82, 2.24) is 0 Å². The number of fused-ring (bicyclic) bond motifs is 1. The van der Waals surface area contributed by atoms with Gasteiger partial charge in [0.25, 0.3) is 0 Å². The molecule has 136 valence electrons. The van der Waals surface area contributed by atoms with Gasteiger partial charge in [0.1, 0.15) is 11.5 Å². The monoisotopic (exact) mass is 362 g/mol. The van der Waals surface area contributed by atoms with Crippen LogP contribution in [0, 0.1) is 0 Å². The highest BCUT2D eigenvalue weighted by molar-refractivity contribution is 5.84. The molecule has 2 aromatic rings. The van der Waals surface area contributed by atoms with Gasteiger partial charge in [-0.1, -0.05) is 30.3 Å². The third kappa shape index (κ3) is 3.90. The molecule has 1 aliphatic rings. The Hall–Kier alpha value is -2.76. The van der Waals surface area contributed by atoms with E-state index < -0.39 is 12.1 Å². The third-order valence-electron chi connectivity index (χ3n) is 4.26. The number of carbonyl (C=O) groups excluding carboxylic acids is 1. The maximum atomic E-state index is 12.7. The summed E-state index contributed by atoms with van der Waals surface area (Å²) in [5.74, 6) is -1.60. The van der Waals surface area contributed by atoms with E-state index in [2.05, 4.69) is 0 Å². The lowest BCUT2D eigenvalue weighted by Gasteiger charge is -2.24. The highest BCUT2D eigenvalue weighted by atomic mass is 19.4. The molecule has 6 heteroatoms. The summed E-state index contributed by atoms with van der Waals surface area (Å²) in [4.78, 5) is 11.5. The van der Waals surface area contributed by atoms with Crippen molar-refractivity contribution in [2.75, 3.05) is 7.11 Å². The van der Waals surface area contributed by atoms with Gasteiger partial charge in [-0.3, -0.25) is 0 Å². The second-order valence-electron chi connectivity index (χ2n) is 6.01. The average molecular weight is 362 g/mol. The van der Waals surface area contributed by atoms with Crippen molar-refractivity contribution in [1.29, 1.82) is 0 Å². The molecule has 0 amide bonds. The topological polar surface area (TPSA) is 35.5 Å². The van der Waals surface area contributed by atoms with E-state index >= 15 is 0 Å². The zero-order chi connectivity index (χ0) is 18.7. The van der Waals surface area contributed by atoms with E-state index in [9.17, 15) is 18.0 Å². The number of carbonyl (C=O) groups is 1. The van der Waals surface area contributed by atoms with Crippen molar-refractivity contribution in [3.05, 3.63) is 70.8 Å². The average Bonchev–Trinajstić information content (AvgIpc) is 2.63. The fourth-order valence-electron chi connectivity index (χ4n) is 3.00. The fourth-order valence-corrected chi connectivity index (χ4v) is 3.00. The molecule has 0 atom stereocenters. The van der Waals surface area contributed by atoms with E-state index in [1.165, 1.54) is 7.11 Å². The SMILES string of the molecule is COc1ccc2c(c1)CCC(Cc1ccccc1)=C2OC(=O)C(F)(F)F. The normalized spacial score (nSPS) is 14.0. The molecule has 0 spiro atoms. The first-order valence-electron chi connectivity index (χ1n) is 8.10. The number of methoxy groups -OCH3 is 1. The number of hydrogen-bond donors (Lipinski definition) is 0. The molecule has 0 radical (unpaired) electrons. The van der Waals surface area contributed by atoms with Crippen molar-refractivity contribution in [3.63, 3.8) is 0 Å². The van der Waals surface area contributed by atoms with Crippen molar-refractivity contribution >= 4 is 11.7 Å². The van der Waals surface area contributed by atoms with Crippen molar-refractivity contribution in [2.24, 2.45) is 0 Å². The third-order valence-corrected chi connectivity index (χ3v) is 4.26.